The Morgan fingerprint density at radius 2 is 2.00 bits per heavy atom. The summed E-state index contributed by atoms with van der Waals surface area (Å²) in [5, 5.41) is 19.1. The van der Waals surface area contributed by atoms with Crippen LogP contribution in [0.5, 0.6) is 0 Å². The number of aliphatic hydroxyl groups is 1. The molecule has 0 radical (unpaired) electrons. The maximum Gasteiger partial charge on any atom is 0.253 e. The number of piperidine rings is 1. The van der Waals surface area contributed by atoms with Gasteiger partial charge in [0.2, 0.25) is 0 Å². The molecule has 0 spiro atoms. The van der Waals surface area contributed by atoms with E-state index in [4.69, 9.17) is 28.5 Å². The third kappa shape index (κ3) is 2.90. The number of halogens is 2. The average Bonchev–Trinajstić information content (AvgIpc) is 2.49. The summed E-state index contributed by atoms with van der Waals surface area (Å²) in [5.74, 6) is -0.131. The minimum Gasteiger partial charge on any atom is -0.395 e. The first-order valence-corrected chi connectivity index (χ1v) is 7.03. The molecule has 0 saturated carbocycles. The molecular weight excluding hydrogens is 299 g/mol. The Balaban J connectivity index is 2.09. The van der Waals surface area contributed by atoms with Crippen molar-refractivity contribution in [1.82, 2.24) is 4.90 Å². The van der Waals surface area contributed by atoms with E-state index in [0.717, 1.165) is 0 Å². The van der Waals surface area contributed by atoms with E-state index in [2.05, 4.69) is 6.07 Å². The van der Waals surface area contributed by atoms with Gasteiger partial charge in [-0.25, -0.2) is 0 Å². The molecule has 1 N–H and O–H groups in total. The zero-order valence-corrected chi connectivity index (χ0v) is 12.3. The smallest absolute Gasteiger partial charge is 0.253 e. The summed E-state index contributed by atoms with van der Waals surface area (Å²) in [6.07, 6.45) is 0.958. The van der Waals surface area contributed by atoms with Crippen molar-refractivity contribution in [3.63, 3.8) is 0 Å². The molecule has 6 heteroatoms. The van der Waals surface area contributed by atoms with Crippen LogP contribution in [0.2, 0.25) is 10.0 Å². The molecule has 1 aliphatic heterocycles. The lowest BCUT2D eigenvalue weighted by molar-refractivity contribution is 0.0549. The Morgan fingerprint density at radius 3 is 2.50 bits per heavy atom. The van der Waals surface area contributed by atoms with Crippen LogP contribution in [0.25, 0.3) is 0 Å². The number of nitrogens with zero attached hydrogens (tertiary/aromatic N) is 2. The van der Waals surface area contributed by atoms with Crippen molar-refractivity contribution >= 4 is 29.1 Å². The highest BCUT2D eigenvalue weighted by Crippen LogP contribution is 2.31. The number of likely N-dealkylation sites (tertiary alicyclic amines) is 1. The van der Waals surface area contributed by atoms with Crippen LogP contribution in [0.4, 0.5) is 0 Å². The van der Waals surface area contributed by atoms with Crippen LogP contribution in [0.3, 0.4) is 0 Å². The number of benzene rings is 1. The second kappa shape index (κ2) is 6.01. The van der Waals surface area contributed by atoms with Crippen LogP contribution in [0.15, 0.2) is 18.2 Å². The van der Waals surface area contributed by atoms with Crippen molar-refractivity contribution in [3.8, 4) is 6.07 Å². The van der Waals surface area contributed by atoms with E-state index in [1.54, 1.807) is 23.1 Å². The van der Waals surface area contributed by atoms with E-state index in [0.29, 0.717) is 41.5 Å². The monoisotopic (exact) mass is 312 g/mol. The van der Waals surface area contributed by atoms with Gasteiger partial charge in [-0.1, -0.05) is 23.2 Å². The fourth-order valence-corrected chi connectivity index (χ4v) is 2.55. The van der Waals surface area contributed by atoms with Gasteiger partial charge in [-0.15, -0.1) is 0 Å². The highest BCUT2D eigenvalue weighted by molar-refractivity contribution is 6.42. The van der Waals surface area contributed by atoms with Crippen LogP contribution in [0.1, 0.15) is 23.2 Å². The van der Waals surface area contributed by atoms with Crippen LogP contribution in [-0.2, 0) is 0 Å². The molecule has 20 heavy (non-hydrogen) atoms. The minimum atomic E-state index is -0.714. The standard InChI is InChI=1S/C14H14Cl2N2O2/c15-11-2-1-10(7-12(11)16)13(20)18-5-3-14(8-17,9-19)4-6-18/h1-2,7,19H,3-6,9H2. The minimum absolute atomic E-state index is 0.131. The van der Waals surface area contributed by atoms with Gasteiger partial charge < -0.3 is 10.0 Å². The molecule has 0 aliphatic carbocycles. The fourth-order valence-electron chi connectivity index (χ4n) is 2.25. The molecule has 0 atom stereocenters. The van der Waals surface area contributed by atoms with Crippen LogP contribution in [0, 0.1) is 16.7 Å². The topological polar surface area (TPSA) is 64.3 Å². The fraction of sp³-hybridized carbons (Fsp3) is 0.429. The Morgan fingerprint density at radius 1 is 1.35 bits per heavy atom. The van der Waals surface area contributed by atoms with Gasteiger partial charge in [0, 0.05) is 18.7 Å². The number of amides is 1. The van der Waals surface area contributed by atoms with Crippen LogP contribution in [-0.4, -0.2) is 35.6 Å². The largest absolute Gasteiger partial charge is 0.395 e. The zero-order valence-electron chi connectivity index (χ0n) is 10.8. The van der Waals surface area contributed by atoms with Gasteiger partial charge in [0.25, 0.3) is 5.91 Å². The zero-order chi connectivity index (χ0) is 14.8. The predicted molar refractivity (Wildman–Crippen MR) is 76.7 cm³/mol. The van der Waals surface area contributed by atoms with Crippen LogP contribution < -0.4 is 0 Å². The molecule has 2 rings (SSSR count). The molecule has 106 valence electrons. The predicted octanol–water partition coefficient (Wildman–Crippen LogP) is 2.73. The van der Waals surface area contributed by atoms with Gasteiger partial charge in [0.15, 0.2) is 0 Å². The maximum atomic E-state index is 12.3. The maximum absolute atomic E-state index is 12.3. The van der Waals surface area contributed by atoms with Crippen molar-refractivity contribution in [3.05, 3.63) is 33.8 Å². The quantitative estimate of drug-likeness (QED) is 0.913. The van der Waals surface area contributed by atoms with Gasteiger partial charge in [-0.05, 0) is 31.0 Å². The number of aliphatic hydroxyl groups excluding tert-OH is 1. The SMILES string of the molecule is N#CC1(CO)CCN(C(=O)c2ccc(Cl)c(Cl)c2)CC1. The van der Waals surface area contributed by atoms with Gasteiger partial charge in [0.1, 0.15) is 0 Å². The first-order chi connectivity index (χ1) is 9.51. The van der Waals surface area contributed by atoms with E-state index in [9.17, 15) is 9.90 Å². The third-order valence-corrected chi connectivity index (χ3v) is 4.45. The molecule has 1 aromatic carbocycles. The molecule has 1 aliphatic rings. The normalized spacial score (nSPS) is 17.6. The lowest BCUT2D eigenvalue weighted by Gasteiger charge is -2.36. The molecule has 0 aromatic heterocycles. The summed E-state index contributed by atoms with van der Waals surface area (Å²) in [5.41, 5.74) is -0.234. The molecular formula is C14H14Cl2N2O2. The molecule has 4 nitrogen and oxygen atoms in total. The molecule has 0 unspecified atom stereocenters. The number of carbonyl (C=O) groups is 1. The Hall–Kier alpha value is -1.28. The third-order valence-electron chi connectivity index (χ3n) is 3.71. The summed E-state index contributed by atoms with van der Waals surface area (Å²) in [4.78, 5) is 14.0. The molecule has 1 fully saturated rings. The first-order valence-electron chi connectivity index (χ1n) is 6.28. The Bertz CT molecular complexity index is 561. The number of hydrogen-bond donors (Lipinski definition) is 1. The second-order valence-corrected chi connectivity index (χ2v) is 5.79. The number of nitriles is 1. The Kier molecular flexibility index (Phi) is 4.54. The first kappa shape index (κ1) is 15.1. The van der Waals surface area contributed by atoms with Gasteiger partial charge >= 0.3 is 0 Å². The van der Waals surface area contributed by atoms with Crippen molar-refractivity contribution in [2.45, 2.75) is 12.8 Å². The van der Waals surface area contributed by atoms with Gasteiger partial charge in [0.05, 0.1) is 28.1 Å². The van der Waals surface area contributed by atoms with Gasteiger partial charge in [-0.2, -0.15) is 5.26 Å². The summed E-state index contributed by atoms with van der Waals surface area (Å²) in [7, 11) is 0. The molecule has 0 bridgehead atoms. The highest BCUT2D eigenvalue weighted by Gasteiger charge is 2.35. The summed E-state index contributed by atoms with van der Waals surface area (Å²) in [6, 6.07) is 6.93. The second-order valence-electron chi connectivity index (χ2n) is 4.97. The molecule has 1 aromatic rings. The van der Waals surface area contributed by atoms with E-state index >= 15 is 0 Å². The molecule has 1 amide bonds. The van der Waals surface area contributed by atoms with Crippen molar-refractivity contribution in [2.75, 3.05) is 19.7 Å². The average molecular weight is 313 g/mol. The van der Waals surface area contributed by atoms with E-state index in [1.807, 2.05) is 0 Å². The molecule has 1 saturated heterocycles. The Labute approximate surface area is 127 Å². The highest BCUT2D eigenvalue weighted by atomic mass is 35.5. The van der Waals surface area contributed by atoms with Crippen molar-refractivity contribution in [2.24, 2.45) is 5.41 Å². The summed E-state index contributed by atoms with van der Waals surface area (Å²) >= 11 is 11.7. The summed E-state index contributed by atoms with van der Waals surface area (Å²) in [6.45, 7) is 0.735. The van der Waals surface area contributed by atoms with Crippen LogP contribution >= 0.6 is 23.2 Å². The van der Waals surface area contributed by atoms with Gasteiger partial charge in [-0.3, -0.25) is 4.79 Å². The lowest BCUT2D eigenvalue weighted by atomic mass is 9.80. The molecule has 1 heterocycles. The van der Waals surface area contributed by atoms with E-state index in [-0.39, 0.29) is 12.5 Å². The van der Waals surface area contributed by atoms with E-state index < -0.39 is 5.41 Å². The number of rotatable bonds is 2. The number of hydrogen-bond acceptors (Lipinski definition) is 3. The lowest BCUT2D eigenvalue weighted by Crippen LogP contribution is -2.44. The van der Waals surface area contributed by atoms with Crippen molar-refractivity contribution < 1.29 is 9.90 Å². The van der Waals surface area contributed by atoms with E-state index in [1.165, 1.54) is 0 Å². The van der Waals surface area contributed by atoms with Crippen molar-refractivity contribution in [1.29, 1.82) is 5.26 Å². The number of carbonyl (C=O) groups excluding carboxylic acids is 1. The summed E-state index contributed by atoms with van der Waals surface area (Å²) < 4.78 is 0.